The van der Waals surface area contributed by atoms with Crippen LogP contribution in [-0.2, 0) is 4.79 Å². The molecule has 3 nitrogen and oxygen atoms in total. The van der Waals surface area contributed by atoms with Gasteiger partial charge in [-0.25, -0.2) is 0 Å². The maximum absolute atomic E-state index is 10.4. The van der Waals surface area contributed by atoms with Crippen LogP contribution in [0, 0.1) is 5.92 Å². The first-order valence-electron chi connectivity index (χ1n) is 3.87. The molecular weight excluding hydrogens is 142 g/mol. The lowest BCUT2D eigenvalue weighted by atomic mass is 9.90. The van der Waals surface area contributed by atoms with E-state index < -0.39 is 12.0 Å². The van der Waals surface area contributed by atoms with Crippen LogP contribution < -0.4 is 5.73 Å². The first-order chi connectivity index (χ1) is 5.22. The van der Waals surface area contributed by atoms with Crippen LogP contribution in [0.25, 0.3) is 0 Å². The first kappa shape index (κ1) is 8.27. The number of hydrogen-bond donors (Lipinski definition) is 2. The lowest BCUT2D eigenvalue weighted by molar-refractivity contribution is -0.139. The van der Waals surface area contributed by atoms with Gasteiger partial charge in [0.2, 0.25) is 0 Å². The zero-order valence-electron chi connectivity index (χ0n) is 6.36. The quantitative estimate of drug-likeness (QED) is 0.578. The second-order valence-electron chi connectivity index (χ2n) is 2.89. The molecule has 0 aliphatic heterocycles. The van der Waals surface area contributed by atoms with Crippen molar-refractivity contribution in [1.29, 1.82) is 0 Å². The Morgan fingerprint density at radius 3 is 2.91 bits per heavy atom. The summed E-state index contributed by atoms with van der Waals surface area (Å²) in [4.78, 5) is 10.4. The number of nitrogens with two attached hydrogens (primary N) is 1. The Labute approximate surface area is 65.9 Å². The Morgan fingerprint density at radius 2 is 2.45 bits per heavy atom. The van der Waals surface area contributed by atoms with Gasteiger partial charge in [0.15, 0.2) is 0 Å². The van der Waals surface area contributed by atoms with Crippen molar-refractivity contribution >= 4 is 5.97 Å². The van der Waals surface area contributed by atoms with Gasteiger partial charge in [0.05, 0.1) is 0 Å². The Hall–Kier alpha value is -0.830. The van der Waals surface area contributed by atoms with E-state index in [0.717, 1.165) is 19.3 Å². The Kier molecular flexibility index (Phi) is 2.65. The van der Waals surface area contributed by atoms with E-state index in [1.165, 1.54) is 0 Å². The number of aliphatic carboxylic acids is 1. The molecule has 11 heavy (non-hydrogen) atoms. The van der Waals surface area contributed by atoms with Gasteiger partial charge in [0, 0.05) is 5.92 Å². The van der Waals surface area contributed by atoms with Crippen LogP contribution in [-0.4, -0.2) is 17.1 Å². The van der Waals surface area contributed by atoms with Crippen LogP contribution in [0.4, 0.5) is 0 Å². The highest BCUT2D eigenvalue weighted by Gasteiger charge is 2.22. The summed E-state index contributed by atoms with van der Waals surface area (Å²) in [7, 11) is 0. The van der Waals surface area contributed by atoms with E-state index in [4.69, 9.17) is 10.8 Å². The SMILES string of the molecule is N[C@H](C(=O)O)C1C=CCCC1. The van der Waals surface area contributed by atoms with Crippen molar-refractivity contribution in [2.24, 2.45) is 11.7 Å². The zero-order valence-corrected chi connectivity index (χ0v) is 6.36. The van der Waals surface area contributed by atoms with E-state index in [-0.39, 0.29) is 5.92 Å². The average molecular weight is 155 g/mol. The number of hydrogen-bond acceptors (Lipinski definition) is 2. The van der Waals surface area contributed by atoms with Crippen molar-refractivity contribution in [2.75, 3.05) is 0 Å². The predicted octanol–water partition coefficient (Wildman–Crippen LogP) is 0.755. The van der Waals surface area contributed by atoms with Crippen LogP contribution in [0.1, 0.15) is 19.3 Å². The van der Waals surface area contributed by atoms with Gasteiger partial charge in [-0.2, -0.15) is 0 Å². The lowest BCUT2D eigenvalue weighted by Gasteiger charge is -2.19. The normalized spacial score (nSPS) is 26.5. The van der Waals surface area contributed by atoms with Crippen molar-refractivity contribution < 1.29 is 9.90 Å². The molecule has 1 rings (SSSR count). The van der Waals surface area contributed by atoms with E-state index in [2.05, 4.69) is 0 Å². The maximum atomic E-state index is 10.4. The summed E-state index contributed by atoms with van der Waals surface area (Å²) in [6.45, 7) is 0. The molecule has 0 radical (unpaired) electrons. The molecule has 1 unspecified atom stereocenters. The van der Waals surface area contributed by atoms with Crippen molar-refractivity contribution in [3.05, 3.63) is 12.2 Å². The minimum Gasteiger partial charge on any atom is -0.480 e. The van der Waals surface area contributed by atoms with Gasteiger partial charge in [-0.15, -0.1) is 0 Å². The highest BCUT2D eigenvalue weighted by Crippen LogP contribution is 2.19. The van der Waals surface area contributed by atoms with Gasteiger partial charge in [-0.05, 0) is 19.3 Å². The van der Waals surface area contributed by atoms with Crippen LogP contribution in [0.3, 0.4) is 0 Å². The fraction of sp³-hybridized carbons (Fsp3) is 0.625. The van der Waals surface area contributed by atoms with E-state index in [0.29, 0.717) is 0 Å². The molecule has 0 amide bonds. The fourth-order valence-corrected chi connectivity index (χ4v) is 1.32. The van der Waals surface area contributed by atoms with E-state index in [1.807, 2.05) is 12.2 Å². The minimum atomic E-state index is -0.901. The summed E-state index contributed by atoms with van der Waals surface area (Å²) in [6.07, 6.45) is 6.95. The summed E-state index contributed by atoms with van der Waals surface area (Å²) in [5, 5.41) is 8.58. The molecule has 0 bridgehead atoms. The summed E-state index contributed by atoms with van der Waals surface area (Å²) in [5.41, 5.74) is 5.44. The molecule has 3 heteroatoms. The molecule has 0 saturated carbocycles. The van der Waals surface area contributed by atoms with Crippen molar-refractivity contribution in [1.82, 2.24) is 0 Å². The molecule has 2 atom stereocenters. The minimum absolute atomic E-state index is 0.0428. The molecule has 1 aliphatic rings. The Morgan fingerprint density at radius 1 is 1.73 bits per heavy atom. The molecule has 62 valence electrons. The van der Waals surface area contributed by atoms with Crippen molar-refractivity contribution in [3.8, 4) is 0 Å². The molecule has 0 spiro atoms. The number of rotatable bonds is 2. The Bertz CT molecular complexity index is 177. The second kappa shape index (κ2) is 3.53. The predicted molar refractivity (Wildman–Crippen MR) is 42.1 cm³/mol. The molecular formula is C8H13NO2. The largest absolute Gasteiger partial charge is 0.480 e. The van der Waals surface area contributed by atoms with Crippen molar-refractivity contribution in [3.63, 3.8) is 0 Å². The highest BCUT2D eigenvalue weighted by molar-refractivity contribution is 5.73. The molecule has 0 heterocycles. The number of carboxylic acid groups (broad SMARTS) is 1. The highest BCUT2D eigenvalue weighted by atomic mass is 16.4. The standard InChI is InChI=1S/C8H13NO2/c9-7(8(10)11)6-4-2-1-3-5-6/h2,4,6-7H,1,3,5,9H2,(H,10,11)/t6?,7-/m0/s1. The van der Waals surface area contributed by atoms with E-state index >= 15 is 0 Å². The molecule has 0 saturated heterocycles. The number of carbonyl (C=O) groups is 1. The van der Waals surface area contributed by atoms with Gasteiger partial charge in [0.1, 0.15) is 6.04 Å². The molecule has 0 aromatic rings. The number of allylic oxidation sites excluding steroid dienone is 1. The number of carboxylic acids is 1. The van der Waals surface area contributed by atoms with Crippen LogP contribution in [0.15, 0.2) is 12.2 Å². The third-order valence-electron chi connectivity index (χ3n) is 2.04. The zero-order chi connectivity index (χ0) is 8.27. The van der Waals surface area contributed by atoms with Crippen LogP contribution >= 0.6 is 0 Å². The molecule has 0 aromatic carbocycles. The smallest absolute Gasteiger partial charge is 0.321 e. The van der Waals surface area contributed by atoms with Gasteiger partial charge in [-0.1, -0.05) is 12.2 Å². The van der Waals surface area contributed by atoms with Gasteiger partial charge >= 0.3 is 5.97 Å². The van der Waals surface area contributed by atoms with E-state index in [9.17, 15) is 4.79 Å². The molecule has 0 aromatic heterocycles. The topological polar surface area (TPSA) is 63.3 Å². The van der Waals surface area contributed by atoms with Crippen molar-refractivity contribution in [2.45, 2.75) is 25.3 Å². The molecule has 3 N–H and O–H groups in total. The van der Waals surface area contributed by atoms with Gasteiger partial charge in [-0.3, -0.25) is 4.79 Å². The summed E-state index contributed by atoms with van der Waals surface area (Å²) >= 11 is 0. The first-order valence-corrected chi connectivity index (χ1v) is 3.87. The molecule has 0 fully saturated rings. The summed E-state index contributed by atoms with van der Waals surface area (Å²) < 4.78 is 0. The maximum Gasteiger partial charge on any atom is 0.321 e. The van der Waals surface area contributed by atoms with Crippen LogP contribution in [0.2, 0.25) is 0 Å². The average Bonchev–Trinajstić information content (AvgIpc) is 2.05. The molecule has 1 aliphatic carbocycles. The van der Waals surface area contributed by atoms with Gasteiger partial charge < -0.3 is 10.8 Å². The summed E-state index contributed by atoms with van der Waals surface area (Å²) in [5.74, 6) is -0.859. The second-order valence-corrected chi connectivity index (χ2v) is 2.89. The third-order valence-corrected chi connectivity index (χ3v) is 2.04. The lowest BCUT2D eigenvalue weighted by Crippen LogP contribution is -2.37. The van der Waals surface area contributed by atoms with E-state index in [1.54, 1.807) is 0 Å². The van der Waals surface area contributed by atoms with Crippen LogP contribution in [0.5, 0.6) is 0 Å². The Balaban J connectivity index is 2.52. The summed E-state index contributed by atoms with van der Waals surface area (Å²) in [6, 6.07) is -0.716. The third kappa shape index (κ3) is 2.05. The monoisotopic (exact) mass is 155 g/mol. The fourth-order valence-electron chi connectivity index (χ4n) is 1.32. The van der Waals surface area contributed by atoms with Gasteiger partial charge in [0.25, 0.3) is 0 Å².